The predicted octanol–water partition coefficient (Wildman–Crippen LogP) is 4.40. The van der Waals surface area contributed by atoms with E-state index in [2.05, 4.69) is 5.32 Å². The summed E-state index contributed by atoms with van der Waals surface area (Å²) in [5.74, 6) is -2.27. The van der Waals surface area contributed by atoms with E-state index in [4.69, 9.17) is 0 Å². The number of carbonyl (C=O) groups is 2. The van der Waals surface area contributed by atoms with E-state index in [1.165, 1.54) is 0 Å². The fourth-order valence-electron chi connectivity index (χ4n) is 3.26. The van der Waals surface area contributed by atoms with Gasteiger partial charge in [-0.2, -0.15) is 13.2 Å². The highest BCUT2D eigenvalue weighted by Crippen LogP contribution is 2.31. The van der Waals surface area contributed by atoms with Crippen molar-refractivity contribution < 1.29 is 27.2 Å². The molecule has 1 aliphatic rings. The Kier molecular flexibility index (Phi) is 6.20. The lowest BCUT2D eigenvalue weighted by molar-refractivity contribution is -0.140. The Morgan fingerprint density at radius 2 is 1.69 bits per heavy atom. The fourth-order valence-corrected chi connectivity index (χ4v) is 3.26. The Morgan fingerprint density at radius 3 is 2.38 bits per heavy atom. The van der Waals surface area contributed by atoms with Crippen LogP contribution in [0.25, 0.3) is 0 Å². The molecule has 29 heavy (non-hydrogen) atoms. The Bertz CT molecular complexity index is 906. The number of hydrogen-bond donors (Lipinski definition) is 1. The molecule has 0 unspecified atom stereocenters. The molecule has 0 spiro atoms. The number of nitrogens with one attached hydrogen (secondary N) is 1. The molecule has 2 amide bonds. The quantitative estimate of drug-likeness (QED) is 0.763. The standard InChI is InChI=1S/C21H20F4N2O2/c22-18-8-7-15(12-17(18)21(23,24)25)19(28)26-13-14-5-4-6-16(11-14)20(29)27-9-2-1-3-10-27/h4-8,11-12H,1-3,9-10,13H2,(H,26,28). The highest BCUT2D eigenvalue weighted by Gasteiger charge is 2.34. The SMILES string of the molecule is O=C(NCc1cccc(C(=O)N2CCCCC2)c1)c1ccc(F)c(C(F)(F)F)c1. The first-order chi connectivity index (χ1) is 13.8. The van der Waals surface area contributed by atoms with Crippen LogP contribution in [0, 0.1) is 5.82 Å². The third-order valence-corrected chi connectivity index (χ3v) is 4.80. The molecule has 1 N–H and O–H groups in total. The maximum atomic E-state index is 13.4. The summed E-state index contributed by atoms with van der Waals surface area (Å²) in [6.07, 6.45) is -1.84. The second kappa shape index (κ2) is 8.63. The number of benzene rings is 2. The molecular formula is C21H20F4N2O2. The molecule has 8 heteroatoms. The maximum absolute atomic E-state index is 13.4. The number of alkyl halides is 3. The molecule has 0 bridgehead atoms. The zero-order valence-electron chi connectivity index (χ0n) is 15.6. The summed E-state index contributed by atoms with van der Waals surface area (Å²) in [6.45, 7) is 1.45. The Labute approximate surface area is 165 Å². The van der Waals surface area contributed by atoms with Crippen LogP contribution >= 0.6 is 0 Å². The van der Waals surface area contributed by atoms with Gasteiger partial charge in [0.15, 0.2) is 0 Å². The number of amides is 2. The van der Waals surface area contributed by atoms with Gasteiger partial charge in [0, 0.05) is 30.8 Å². The van der Waals surface area contributed by atoms with Gasteiger partial charge in [-0.3, -0.25) is 9.59 Å². The third-order valence-electron chi connectivity index (χ3n) is 4.80. The lowest BCUT2D eigenvalue weighted by Gasteiger charge is -2.26. The highest BCUT2D eigenvalue weighted by atomic mass is 19.4. The number of rotatable bonds is 4. The van der Waals surface area contributed by atoms with E-state index in [-0.39, 0.29) is 18.0 Å². The topological polar surface area (TPSA) is 49.4 Å². The Morgan fingerprint density at radius 1 is 0.966 bits per heavy atom. The number of carbonyl (C=O) groups excluding carboxylic acids is 2. The molecule has 2 aromatic carbocycles. The summed E-state index contributed by atoms with van der Waals surface area (Å²) in [7, 11) is 0. The van der Waals surface area contributed by atoms with E-state index >= 15 is 0 Å². The average molecular weight is 408 g/mol. The van der Waals surface area contributed by atoms with Crippen LogP contribution in [-0.4, -0.2) is 29.8 Å². The summed E-state index contributed by atoms with van der Waals surface area (Å²) >= 11 is 0. The van der Waals surface area contributed by atoms with Crippen molar-refractivity contribution in [1.29, 1.82) is 0 Å². The molecule has 0 atom stereocenters. The second-order valence-electron chi connectivity index (χ2n) is 6.93. The molecule has 0 saturated carbocycles. The van der Waals surface area contributed by atoms with Crippen molar-refractivity contribution >= 4 is 11.8 Å². The van der Waals surface area contributed by atoms with E-state index < -0.39 is 23.5 Å². The first-order valence-electron chi connectivity index (χ1n) is 9.29. The van der Waals surface area contributed by atoms with E-state index in [1.807, 2.05) is 0 Å². The summed E-state index contributed by atoms with van der Waals surface area (Å²) in [6, 6.07) is 8.85. The minimum absolute atomic E-state index is 0.0265. The molecule has 0 aliphatic carbocycles. The van der Waals surface area contributed by atoms with Gasteiger partial charge in [-0.25, -0.2) is 4.39 Å². The predicted molar refractivity (Wildman–Crippen MR) is 98.8 cm³/mol. The van der Waals surface area contributed by atoms with Gasteiger partial charge >= 0.3 is 6.18 Å². The summed E-state index contributed by atoms with van der Waals surface area (Å²) in [5, 5.41) is 2.51. The fraction of sp³-hybridized carbons (Fsp3) is 0.333. The van der Waals surface area contributed by atoms with E-state index in [0.717, 1.165) is 25.3 Å². The van der Waals surface area contributed by atoms with Crippen LogP contribution in [0.4, 0.5) is 17.6 Å². The van der Waals surface area contributed by atoms with Crippen LogP contribution in [0.3, 0.4) is 0 Å². The van der Waals surface area contributed by atoms with Gasteiger partial charge in [0.1, 0.15) is 5.82 Å². The Balaban J connectivity index is 1.67. The summed E-state index contributed by atoms with van der Waals surface area (Å²) < 4.78 is 51.8. The highest BCUT2D eigenvalue weighted by molar-refractivity contribution is 5.95. The van der Waals surface area contributed by atoms with E-state index in [9.17, 15) is 27.2 Å². The van der Waals surface area contributed by atoms with Crippen molar-refractivity contribution in [2.24, 2.45) is 0 Å². The van der Waals surface area contributed by atoms with Crippen LogP contribution < -0.4 is 5.32 Å². The van der Waals surface area contributed by atoms with Crippen LogP contribution in [-0.2, 0) is 12.7 Å². The third kappa shape index (κ3) is 5.13. The molecule has 3 rings (SSSR count). The average Bonchev–Trinajstić information content (AvgIpc) is 2.72. The van der Waals surface area contributed by atoms with Crippen LogP contribution in [0.5, 0.6) is 0 Å². The van der Waals surface area contributed by atoms with Crippen molar-refractivity contribution in [1.82, 2.24) is 10.2 Å². The number of hydrogen-bond acceptors (Lipinski definition) is 2. The number of likely N-dealkylation sites (tertiary alicyclic amines) is 1. The number of nitrogens with zero attached hydrogens (tertiary/aromatic N) is 1. The molecule has 2 aromatic rings. The zero-order chi connectivity index (χ0) is 21.0. The smallest absolute Gasteiger partial charge is 0.348 e. The zero-order valence-corrected chi connectivity index (χ0v) is 15.6. The van der Waals surface area contributed by atoms with Crippen LogP contribution in [0.15, 0.2) is 42.5 Å². The molecule has 0 aromatic heterocycles. The van der Waals surface area contributed by atoms with Gasteiger partial charge in [0.25, 0.3) is 11.8 Å². The molecule has 1 saturated heterocycles. The van der Waals surface area contributed by atoms with Gasteiger partial charge in [-0.05, 0) is 55.2 Å². The van der Waals surface area contributed by atoms with Crippen molar-refractivity contribution in [3.05, 3.63) is 70.5 Å². The molecule has 154 valence electrons. The van der Waals surface area contributed by atoms with Crippen molar-refractivity contribution in [3.63, 3.8) is 0 Å². The molecule has 0 radical (unpaired) electrons. The first-order valence-corrected chi connectivity index (χ1v) is 9.29. The van der Waals surface area contributed by atoms with Crippen LogP contribution in [0.1, 0.15) is 51.1 Å². The maximum Gasteiger partial charge on any atom is 0.419 e. The number of piperidine rings is 1. The minimum atomic E-state index is -4.89. The van der Waals surface area contributed by atoms with Gasteiger partial charge in [-0.1, -0.05) is 12.1 Å². The lowest BCUT2D eigenvalue weighted by Crippen LogP contribution is -2.35. The van der Waals surface area contributed by atoms with Crippen molar-refractivity contribution in [2.75, 3.05) is 13.1 Å². The van der Waals surface area contributed by atoms with Crippen LogP contribution in [0.2, 0.25) is 0 Å². The van der Waals surface area contributed by atoms with E-state index in [1.54, 1.807) is 29.2 Å². The monoisotopic (exact) mass is 408 g/mol. The minimum Gasteiger partial charge on any atom is -0.348 e. The van der Waals surface area contributed by atoms with Crippen molar-refractivity contribution in [3.8, 4) is 0 Å². The molecule has 1 fully saturated rings. The normalized spacial score (nSPS) is 14.6. The molecule has 1 aliphatic heterocycles. The van der Waals surface area contributed by atoms with Gasteiger partial charge in [0.05, 0.1) is 5.56 Å². The summed E-state index contributed by atoms with van der Waals surface area (Å²) in [5.41, 5.74) is -0.641. The van der Waals surface area contributed by atoms with Crippen molar-refractivity contribution in [2.45, 2.75) is 32.0 Å². The molecule has 1 heterocycles. The second-order valence-corrected chi connectivity index (χ2v) is 6.93. The van der Waals surface area contributed by atoms with Gasteiger partial charge < -0.3 is 10.2 Å². The largest absolute Gasteiger partial charge is 0.419 e. The lowest BCUT2D eigenvalue weighted by atomic mass is 10.1. The van der Waals surface area contributed by atoms with E-state index in [0.29, 0.717) is 36.3 Å². The Hall–Kier alpha value is -2.90. The number of halogens is 4. The molecule has 4 nitrogen and oxygen atoms in total. The molecular weight excluding hydrogens is 388 g/mol. The van der Waals surface area contributed by atoms with Gasteiger partial charge in [-0.15, -0.1) is 0 Å². The first kappa shape index (κ1) is 20.8. The summed E-state index contributed by atoms with van der Waals surface area (Å²) in [4.78, 5) is 26.6. The van der Waals surface area contributed by atoms with Gasteiger partial charge in [0.2, 0.25) is 0 Å².